The number of nitrogens with zero attached hydrogens (tertiary/aromatic N) is 2. The first kappa shape index (κ1) is 20.6. The van der Waals surface area contributed by atoms with Crippen molar-refractivity contribution in [2.45, 2.75) is 30.4 Å². The van der Waals surface area contributed by atoms with E-state index >= 15 is 0 Å². The summed E-state index contributed by atoms with van der Waals surface area (Å²) in [5.41, 5.74) is 1.05. The third-order valence-corrected chi connectivity index (χ3v) is 5.61. The number of anilines is 1. The fourth-order valence-electron chi connectivity index (χ4n) is 2.47. The van der Waals surface area contributed by atoms with Crippen LogP contribution in [-0.4, -0.2) is 24.5 Å². The number of rotatable bonds is 7. The van der Waals surface area contributed by atoms with E-state index in [1.165, 1.54) is 18.2 Å². The first-order chi connectivity index (χ1) is 13.7. The maximum atomic E-state index is 13.2. The van der Waals surface area contributed by atoms with E-state index in [-0.39, 0.29) is 35.1 Å². The predicted molar refractivity (Wildman–Crippen MR) is 99.7 cm³/mol. The van der Waals surface area contributed by atoms with Crippen molar-refractivity contribution in [2.75, 3.05) is 5.32 Å². The quantitative estimate of drug-likeness (QED) is 0.629. The number of amides is 1. The van der Waals surface area contributed by atoms with E-state index in [1.807, 2.05) is 6.92 Å². The zero-order chi connectivity index (χ0) is 21.0. The number of halogens is 2. The van der Waals surface area contributed by atoms with Gasteiger partial charge in [-0.05, 0) is 31.2 Å². The molecule has 1 amide bonds. The Morgan fingerprint density at radius 1 is 1.10 bits per heavy atom. The molecule has 10 heteroatoms. The minimum atomic E-state index is -3.63. The second-order valence-corrected chi connectivity index (χ2v) is 8.34. The number of hydrogen-bond acceptors (Lipinski definition) is 6. The maximum absolute atomic E-state index is 13.2. The van der Waals surface area contributed by atoms with Gasteiger partial charge < -0.3 is 9.84 Å². The lowest BCUT2D eigenvalue weighted by Gasteiger charge is -2.04. The SMILES string of the molecule is Cc1ccc(S(=O)(=O)Cc2noc(CCC(=O)Nc3ccc(F)c(F)c3)n2)cc1. The Bertz CT molecular complexity index is 1130. The molecule has 0 unspecified atom stereocenters. The first-order valence-corrected chi connectivity index (χ1v) is 10.2. The molecule has 1 heterocycles. The van der Waals surface area contributed by atoms with Gasteiger partial charge >= 0.3 is 0 Å². The maximum Gasteiger partial charge on any atom is 0.227 e. The van der Waals surface area contributed by atoms with Crippen LogP contribution in [0.25, 0.3) is 0 Å². The lowest BCUT2D eigenvalue weighted by Crippen LogP contribution is -2.12. The van der Waals surface area contributed by atoms with Gasteiger partial charge in [-0.25, -0.2) is 17.2 Å². The standard InChI is InChI=1S/C19H17F2N3O4S/c1-12-2-5-14(6-3-12)29(26,27)11-17-23-19(28-24-17)9-8-18(25)22-13-4-7-15(20)16(21)10-13/h2-7,10H,8-9,11H2,1H3,(H,22,25). The highest BCUT2D eigenvalue weighted by atomic mass is 32.2. The molecule has 0 radical (unpaired) electrons. The summed E-state index contributed by atoms with van der Waals surface area (Å²) < 4.78 is 55.8. The minimum absolute atomic E-state index is 0.0124. The highest BCUT2D eigenvalue weighted by Crippen LogP contribution is 2.17. The number of carbonyl (C=O) groups excluding carboxylic acids is 1. The van der Waals surface area contributed by atoms with E-state index in [4.69, 9.17) is 4.52 Å². The third-order valence-electron chi connectivity index (χ3n) is 3.98. The van der Waals surface area contributed by atoms with Gasteiger partial charge in [-0.3, -0.25) is 4.79 Å². The molecule has 1 aromatic heterocycles. The molecule has 152 valence electrons. The lowest BCUT2D eigenvalue weighted by molar-refractivity contribution is -0.116. The van der Waals surface area contributed by atoms with E-state index in [2.05, 4.69) is 15.5 Å². The van der Waals surface area contributed by atoms with Crippen LogP contribution in [0.3, 0.4) is 0 Å². The molecule has 0 saturated carbocycles. The normalized spacial score (nSPS) is 11.4. The van der Waals surface area contributed by atoms with Gasteiger partial charge in [0.05, 0.1) is 4.90 Å². The summed E-state index contributed by atoms with van der Waals surface area (Å²) in [4.78, 5) is 16.1. The summed E-state index contributed by atoms with van der Waals surface area (Å²) in [6.07, 6.45) is -0.00156. The van der Waals surface area contributed by atoms with Crippen molar-refractivity contribution in [1.29, 1.82) is 0 Å². The zero-order valence-electron chi connectivity index (χ0n) is 15.4. The average molecular weight is 421 g/mol. The topological polar surface area (TPSA) is 102 Å². The Balaban J connectivity index is 1.56. The van der Waals surface area contributed by atoms with Crippen molar-refractivity contribution in [3.63, 3.8) is 0 Å². The second kappa shape index (κ2) is 8.48. The van der Waals surface area contributed by atoms with Crippen LogP contribution in [0.2, 0.25) is 0 Å². The average Bonchev–Trinajstić information content (AvgIpc) is 3.10. The van der Waals surface area contributed by atoms with Gasteiger partial charge in [-0.15, -0.1) is 0 Å². The van der Waals surface area contributed by atoms with Crippen LogP contribution >= 0.6 is 0 Å². The molecule has 7 nitrogen and oxygen atoms in total. The van der Waals surface area contributed by atoms with Crippen molar-refractivity contribution in [3.05, 3.63) is 71.4 Å². The number of nitrogens with one attached hydrogen (secondary N) is 1. The van der Waals surface area contributed by atoms with Gasteiger partial charge in [-0.2, -0.15) is 4.98 Å². The monoisotopic (exact) mass is 421 g/mol. The predicted octanol–water partition coefficient (Wildman–Crippen LogP) is 3.20. The third kappa shape index (κ3) is 5.44. The summed E-state index contributed by atoms with van der Waals surface area (Å²) in [5, 5.41) is 6.06. The molecular weight excluding hydrogens is 404 g/mol. The zero-order valence-corrected chi connectivity index (χ0v) is 16.2. The highest BCUT2D eigenvalue weighted by molar-refractivity contribution is 7.90. The van der Waals surface area contributed by atoms with Gasteiger partial charge in [0, 0.05) is 24.6 Å². The Morgan fingerprint density at radius 2 is 1.83 bits per heavy atom. The van der Waals surface area contributed by atoms with Crippen molar-refractivity contribution < 1.29 is 26.5 Å². The summed E-state index contributed by atoms with van der Waals surface area (Å²) in [6.45, 7) is 1.85. The van der Waals surface area contributed by atoms with Crippen LogP contribution in [0, 0.1) is 18.6 Å². The molecule has 0 aliphatic rings. The largest absolute Gasteiger partial charge is 0.339 e. The van der Waals surface area contributed by atoms with Crippen LogP contribution in [-0.2, 0) is 26.8 Å². The lowest BCUT2D eigenvalue weighted by atomic mass is 10.2. The molecule has 1 N–H and O–H groups in total. The molecule has 3 rings (SSSR count). The fraction of sp³-hybridized carbons (Fsp3) is 0.211. The molecule has 0 fully saturated rings. The Hall–Kier alpha value is -3.14. The van der Waals surface area contributed by atoms with Gasteiger partial charge in [0.15, 0.2) is 27.3 Å². The van der Waals surface area contributed by atoms with Gasteiger partial charge in [0.25, 0.3) is 0 Å². The van der Waals surface area contributed by atoms with Crippen LogP contribution in [0.15, 0.2) is 51.9 Å². The van der Waals surface area contributed by atoms with Gasteiger partial charge in [-0.1, -0.05) is 22.9 Å². The van der Waals surface area contributed by atoms with E-state index in [9.17, 15) is 22.0 Å². The molecule has 0 bridgehead atoms. The molecular formula is C19H17F2N3O4S. The van der Waals surface area contributed by atoms with Crippen LogP contribution < -0.4 is 5.32 Å². The number of hydrogen-bond donors (Lipinski definition) is 1. The highest BCUT2D eigenvalue weighted by Gasteiger charge is 2.19. The molecule has 0 aliphatic carbocycles. The summed E-state index contributed by atoms with van der Waals surface area (Å²) >= 11 is 0. The van der Waals surface area contributed by atoms with E-state index < -0.39 is 33.1 Å². The number of benzene rings is 2. The summed E-state index contributed by atoms with van der Waals surface area (Å²) in [6, 6.07) is 9.41. The Morgan fingerprint density at radius 3 is 2.52 bits per heavy atom. The molecule has 0 aliphatic heterocycles. The second-order valence-electron chi connectivity index (χ2n) is 6.35. The van der Waals surface area contributed by atoms with Crippen molar-refractivity contribution in [1.82, 2.24) is 10.1 Å². The molecule has 0 atom stereocenters. The van der Waals surface area contributed by atoms with E-state index in [1.54, 1.807) is 12.1 Å². The van der Waals surface area contributed by atoms with Crippen LogP contribution in [0.4, 0.5) is 14.5 Å². The Kier molecular flexibility index (Phi) is 6.02. The van der Waals surface area contributed by atoms with E-state index in [0.717, 1.165) is 17.7 Å². The molecule has 3 aromatic rings. The molecule has 29 heavy (non-hydrogen) atoms. The Labute approximate surface area is 165 Å². The first-order valence-electron chi connectivity index (χ1n) is 8.59. The van der Waals surface area contributed by atoms with Crippen molar-refractivity contribution in [2.24, 2.45) is 0 Å². The summed E-state index contributed by atoms with van der Waals surface area (Å²) in [7, 11) is -3.63. The molecule has 0 saturated heterocycles. The smallest absolute Gasteiger partial charge is 0.227 e. The summed E-state index contributed by atoms with van der Waals surface area (Å²) in [5.74, 6) is -2.90. The number of aromatic nitrogens is 2. The molecule has 2 aromatic carbocycles. The minimum Gasteiger partial charge on any atom is -0.339 e. The number of aryl methyl sites for hydroxylation is 2. The molecule has 0 spiro atoms. The van der Waals surface area contributed by atoms with E-state index in [0.29, 0.717) is 0 Å². The van der Waals surface area contributed by atoms with Crippen molar-refractivity contribution >= 4 is 21.4 Å². The van der Waals surface area contributed by atoms with Crippen molar-refractivity contribution in [3.8, 4) is 0 Å². The number of carbonyl (C=O) groups is 1. The number of sulfone groups is 1. The van der Waals surface area contributed by atoms with Gasteiger partial charge in [0.2, 0.25) is 11.8 Å². The fourth-order valence-corrected chi connectivity index (χ4v) is 3.64. The van der Waals surface area contributed by atoms with Crippen LogP contribution in [0.1, 0.15) is 23.7 Å². The van der Waals surface area contributed by atoms with Gasteiger partial charge in [0.1, 0.15) is 5.75 Å². The van der Waals surface area contributed by atoms with Crippen LogP contribution in [0.5, 0.6) is 0 Å².